The van der Waals surface area contributed by atoms with Crippen LogP contribution in [0.15, 0.2) is 66.7 Å². The second-order valence-electron chi connectivity index (χ2n) is 7.27. The summed E-state index contributed by atoms with van der Waals surface area (Å²) in [7, 11) is -3.78. The summed E-state index contributed by atoms with van der Waals surface area (Å²) in [4.78, 5) is 14.8. The number of aromatic amines is 1. The van der Waals surface area contributed by atoms with E-state index < -0.39 is 16.0 Å². The normalized spacial score (nSPS) is 11.6. The number of carboxylic acids is 1. The smallest absolute Gasteiger partial charge is 0.307 e. The van der Waals surface area contributed by atoms with Gasteiger partial charge in [0.25, 0.3) is 0 Å². The van der Waals surface area contributed by atoms with Gasteiger partial charge >= 0.3 is 5.97 Å². The average Bonchev–Trinajstić information content (AvgIpc) is 3.07. The first-order valence-corrected chi connectivity index (χ1v) is 12.1. The number of para-hydroxylation sites is 1. The van der Waals surface area contributed by atoms with Crippen molar-refractivity contribution >= 4 is 61.5 Å². The Hall–Kier alpha value is -3.00. The van der Waals surface area contributed by atoms with E-state index in [4.69, 9.17) is 23.2 Å². The number of carboxylic acid groups (broad SMARTS) is 1. The Morgan fingerprint density at radius 2 is 1.78 bits per heavy atom. The second-order valence-corrected chi connectivity index (χ2v) is 9.94. The van der Waals surface area contributed by atoms with E-state index in [1.165, 1.54) is 6.07 Å². The second kappa shape index (κ2) is 8.50. The van der Waals surface area contributed by atoms with Crippen molar-refractivity contribution in [1.29, 1.82) is 0 Å². The Morgan fingerprint density at radius 3 is 2.47 bits per heavy atom. The standard InChI is InChI=1S/C23H18Cl2N2O4S/c1-32(30,31)27(16-6-4-5-15(24)12-16)21-11-14(9-10-19(21)25)23-18(13-22(28)29)17-7-2-3-8-20(17)26-23/h2-12,26H,13H2,1H3,(H,28,29). The van der Waals surface area contributed by atoms with Crippen LogP contribution in [0, 0.1) is 0 Å². The molecule has 0 fully saturated rings. The summed E-state index contributed by atoms with van der Waals surface area (Å²) in [5, 5.41) is 10.8. The quantitative estimate of drug-likeness (QED) is 0.355. The van der Waals surface area contributed by atoms with E-state index in [9.17, 15) is 18.3 Å². The number of anilines is 2. The van der Waals surface area contributed by atoms with E-state index in [0.29, 0.717) is 27.5 Å². The Bertz CT molecular complexity index is 1450. The lowest BCUT2D eigenvalue weighted by molar-refractivity contribution is -0.136. The van der Waals surface area contributed by atoms with Crippen LogP contribution in [-0.4, -0.2) is 30.7 Å². The summed E-state index contributed by atoms with van der Waals surface area (Å²) < 4.78 is 26.6. The molecule has 0 unspecified atom stereocenters. The van der Waals surface area contributed by atoms with Crippen molar-refractivity contribution in [3.8, 4) is 11.3 Å². The molecule has 0 saturated carbocycles. The fraction of sp³-hybridized carbons (Fsp3) is 0.0870. The Morgan fingerprint density at radius 1 is 1.03 bits per heavy atom. The molecule has 32 heavy (non-hydrogen) atoms. The zero-order chi connectivity index (χ0) is 23.0. The zero-order valence-corrected chi connectivity index (χ0v) is 19.2. The van der Waals surface area contributed by atoms with Gasteiger partial charge in [-0.1, -0.05) is 53.5 Å². The Kier molecular flexibility index (Phi) is 5.90. The molecule has 0 aliphatic rings. The number of aliphatic carboxylic acids is 1. The minimum Gasteiger partial charge on any atom is -0.481 e. The maximum Gasteiger partial charge on any atom is 0.307 e. The highest BCUT2D eigenvalue weighted by molar-refractivity contribution is 7.92. The minimum absolute atomic E-state index is 0.193. The topological polar surface area (TPSA) is 90.5 Å². The van der Waals surface area contributed by atoms with Gasteiger partial charge in [0.1, 0.15) is 0 Å². The van der Waals surface area contributed by atoms with Crippen LogP contribution in [0.5, 0.6) is 0 Å². The van der Waals surface area contributed by atoms with E-state index in [0.717, 1.165) is 21.5 Å². The van der Waals surface area contributed by atoms with Gasteiger partial charge in [-0.2, -0.15) is 0 Å². The minimum atomic E-state index is -3.78. The summed E-state index contributed by atoms with van der Waals surface area (Å²) in [5.41, 5.74) is 3.15. The van der Waals surface area contributed by atoms with Gasteiger partial charge in [0, 0.05) is 21.5 Å². The summed E-state index contributed by atoms with van der Waals surface area (Å²) in [5.74, 6) is -0.970. The highest BCUT2D eigenvalue weighted by Gasteiger charge is 2.24. The van der Waals surface area contributed by atoms with Crippen molar-refractivity contribution in [3.63, 3.8) is 0 Å². The number of carbonyl (C=O) groups is 1. The summed E-state index contributed by atoms with van der Waals surface area (Å²) in [6.45, 7) is 0. The summed E-state index contributed by atoms with van der Waals surface area (Å²) in [6, 6.07) is 18.8. The molecule has 1 heterocycles. The Balaban J connectivity index is 1.94. The van der Waals surface area contributed by atoms with Crippen LogP contribution < -0.4 is 4.31 Å². The van der Waals surface area contributed by atoms with Crippen LogP contribution in [0.25, 0.3) is 22.2 Å². The molecule has 0 atom stereocenters. The molecule has 4 aromatic rings. The molecule has 0 aliphatic carbocycles. The van der Waals surface area contributed by atoms with Crippen molar-refractivity contribution in [2.75, 3.05) is 10.6 Å². The van der Waals surface area contributed by atoms with E-state index in [1.807, 2.05) is 24.3 Å². The molecule has 0 radical (unpaired) electrons. The summed E-state index contributed by atoms with van der Waals surface area (Å²) in [6.07, 6.45) is 0.886. The number of H-pyrrole nitrogens is 1. The van der Waals surface area contributed by atoms with Crippen LogP contribution in [0.4, 0.5) is 11.4 Å². The molecule has 0 amide bonds. The van der Waals surface area contributed by atoms with E-state index in [2.05, 4.69) is 4.98 Å². The Labute approximate surface area is 195 Å². The number of fused-ring (bicyclic) bond motifs is 1. The number of nitrogens with zero attached hydrogens (tertiary/aromatic N) is 1. The van der Waals surface area contributed by atoms with Gasteiger partial charge in [0.2, 0.25) is 10.0 Å². The molecule has 3 aromatic carbocycles. The fourth-order valence-corrected chi connectivity index (χ4v) is 5.16. The van der Waals surface area contributed by atoms with Crippen molar-refractivity contribution in [1.82, 2.24) is 4.98 Å². The van der Waals surface area contributed by atoms with Gasteiger partial charge in [-0.3, -0.25) is 4.79 Å². The third kappa shape index (κ3) is 4.32. The first-order valence-electron chi connectivity index (χ1n) is 9.52. The molecular weight excluding hydrogens is 471 g/mol. The number of hydrogen-bond donors (Lipinski definition) is 2. The molecule has 2 N–H and O–H groups in total. The summed E-state index contributed by atoms with van der Waals surface area (Å²) >= 11 is 12.5. The van der Waals surface area contributed by atoms with Crippen LogP contribution >= 0.6 is 23.2 Å². The number of rotatable bonds is 6. The van der Waals surface area contributed by atoms with E-state index >= 15 is 0 Å². The van der Waals surface area contributed by atoms with Crippen molar-refractivity contribution in [3.05, 3.63) is 82.3 Å². The molecule has 9 heteroatoms. The molecular formula is C23H18Cl2N2O4S. The molecule has 164 valence electrons. The van der Waals surface area contributed by atoms with Crippen LogP contribution in [0.3, 0.4) is 0 Å². The van der Waals surface area contributed by atoms with Gasteiger partial charge in [0.05, 0.1) is 34.8 Å². The number of halogens is 2. The van der Waals surface area contributed by atoms with Crippen LogP contribution in [-0.2, 0) is 21.2 Å². The number of aromatic nitrogens is 1. The molecule has 1 aromatic heterocycles. The SMILES string of the molecule is CS(=O)(=O)N(c1cccc(Cl)c1)c1cc(-c2[nH]c3ccccc3c2CC(=O)O)ccc1Cl. The number of nitrogens with one attached hydrogen (secondary N) is 1. The molecule has 6 nitrogen and oxygen atoms in total. The van der Waals surface area contributed by atoms with Crippen molar-refractivity contribution in [2.24, 2.45) is 0 Å². The van der Waals surface area contributed by atoms with Crippen LogP contribution in [0.2, 0.25) is 10.0 Å². The molecule has 0 spiro atoms. The third-order valence-corrected chi connectivity index (χ3v) is 6.60. The highest BCUT2D eigenvalue weighted by atomic mass is 35.5. The largest absolute Gasteiger partial charge is 0.481 e. The lowest BCUT2D eigenvalue weighted by Gasteiger charge is -2.24. The maximum atomic E-state index is 12.7. The fourth-order valence-electron chi connectivity index (χ4n) is 3.72. The maximum absolute atomic E-state index is 12.7. The highest BCUT2D eigenvalue weighted by Crippen LogP contribution is 2.39. The monoisotopic (exact) mass is 488 g/mol. The van der Waals surface area contributed by atoms with E-state index in [-0.39, 0.29) is 17.1 Å². The first kappa shape index (κ1) is 22.2. The molecule has 4 rings (SSSR count). The zero-order valence-electron chi connectivity index (χ0n) is 16.8. The van der Waals surface area contributed by atoms with Crippen molar-refractivity contribution in [2.45, 2.75) is 6.42 Å². The van der Waals surface area contributed by atoms with Crippen LogP contribution in [0.1, 0.15) is 5.56 Å². The van der Waals surface area contributed by atoms with Gasteiger partial charge in [-0.25, -0.2) is 12.7 Å². The lowest BCUT2D eigenvalue weighted by Crippen LogP contribution is -2.25. The lowest BCUT2D eigenvalue weighted by atomic mass is 10.0. The van der Waals surface area contributed by atoms with Gasteiger partial charge in [-0.05, 0) is 42.0 Å². The first-order chi connectivity index (χ1) is 15.1. The van der Waals surface area contributed by atoms with Gasteiger partial charge in [-0.15, -0.1) is 0 Å². The van der Waals surface area contributed by atoms with Gasteiger partial charge in [0.15, 0.2) is 0 Å². The number of sulfonamides is 1. The van der Waals surface area contributed by atoms with Crippen molar-refractivity contribution < 1.29 is 18.3 Å². The number of hydrogen-bond acceptors (Lipinski definition) is 3. The molecule has 0 bridgehead atoms. The van der Waals surface area contributed by atoms with Gasteiger partial charge < -0.3 is 10.1 Å². The third-order valence-electron chi connectivity index (χ3n) is 4.97. The molecule has 0 aliphatic heterocycles. The van der Waals surface area contributed by atoms with E-state index in [1.54, 1.807) is 36.4 Å². The average molecular weight is 489 g/mol. The predicted octanol–water partition coefficient (Wildman–Crippen LogP) is 5.87. The number of benzene rings is 3. The molecule has 0 saturated heterocycles. The predicted molar refractivity (Wildman–Crippen MR) is 129 cm³/mol.